The first kappa shape index (κ1) is 17.8. The molecule has 0 atom stereocenters. The van der Waals surface area contributed by atoms with E-state index in [-0.39, 0.29) is 5.54 Å². The molecule has 0 spiro atoms. The maximum Gasteiger partial charge on any atom is 0.198 e. The molecule has 5 heteroatoms. The summed E-state index contributed by atoms with van der Waals surface area (Å²) in [6.07, 6.45) is 5.96. The Hall–Kier alpha value is -1.59. The van der Waals surface area contributed by atoms with Crippen molar-refractivity contribution in [1.29, 1.82) is 0 Å². The first-order chi connectivity index (χ1) is 12.8. The average Bonchev–Trinajstić information content (AvgIpc) is 3.36. The van der Waals surface area contributed by atoms with Gasteiger partial charge in [-0.1, -0.05) is 18.2 Å². The van der Waals surface area contributed by atoms with Crippen molar-refractivity contribution < 1.29 is 4.74 Å². The van der Waals surface area contributed by atoms with Gasteiger partial charge in [0.25, 0.3) is 0 Å². The third kappa shape index (κ3) is 3.47. The number of guanidine groups is 1. The smallest absolute Gasteiger partial charge is 0.198 e. The van der Waals surface area contributed by atoms with E-state index in [0.717, 1.165) is 58.1 Å². The number of anilines is 1. The minimum absolute atomic E-state index is 0.189. The molecule has 0 amide bonds. The molecule has 2 saturated heterocycles. The third-order valence-electron chi connectivity index (χ3n) is 6.20. The minimum Gasteiger partial charge on any atom is -0.381 e. The van der Waals surface area contributed by atoms with Crippen LogP contribution in [-0.2, 0) is 11.2 Å². The van der Waals surface area contributed by atoms with E-state index in [1.54, 1.807) is 0 Å². The van der Waals surface area contributed by atoms with Crippen LogP contribution in [0.15, 0.2) is 29.3 Å². The first-order valence-corrected chi connectivity index (χ1v) is 10.3. The van der Waals surface area contributed by atoms with Crippen LogP contribution >= 0.6 is 0 Å². The Morgan fingerprint density at radius 2 is 1.92 bits per heavy atom. The maximum absolute atomic E-state index is 5.68. The molecule has 1 aromatic carbocycles. The summed E-state index contributed by atoms with van der Waals surface area (Å²) in [6, 6.07) is 8.73. The van der Waals surface area contributed by atoms with Gasteiger partial charge in [-0.2, -0.15) is 0 Å². The zero-order valence-electron chi connectivity index (χ0n) is 16.0. The molecule has 26 heavy (non-hydrogen) atoms. The van der Waals surface area contributed by atoms with Gasteiger partial charge in [0.05, 0.1) is 6.54 Å². The summed E-state index contributed by atoms with van der Waals surface area (Å²) in [5.41, 5.74) is 2.93. The molecule has 3 aliphatic rings. The number of aliphatic imine (C=N–C) groups is 1. The van der Waals surface area contributed by atoms with Crippen molar-refractivity contribution in [3.8, 4) is 0 Å². The van der Waals surface area contributed by atoms with Crippen molar-refractivity contribution >= 4 is 11.6 Å². The van der Waals surface area contributed by atoms with Gasteiger partial charge in [0.15, 0.2) is 5.96 Å². The highest BCUT2D eigenvalue weighted by atomic mass is 16.5. The van der Waals surface area contributed by atoms with Gasteiger partial charge in [-0.25, -0.2) is 0 Å². The van der Waals surface area contributed by atoms with Gasteiger partial charge < -0.3 is 15.0 Å². The van der Waals surface area contributed by atoms with Crippen LogP contribution in [0.3, 0.4) is 0 Å². The van der Waals surface area contributed by atoms with Crippen LogP contribution in [0.2, 0.25) is 0 Å². The predicted molar refractivity (Wildman–Crippen MR) is 107 cm³/mol. The number of hydrogen-bond acceptors (Lipinski definition) is 3. The Bertz CT molecular complexity index is 633. The number of rotatable bonds is 4. The number of fused-ring (bicyclic) bond motifs is 1. The fourth-order valence-electron chi connectivity index (χ4n) is 4.69. The molecule has 5 nitrogen and oxygen atoms in total. The second kappa shape index (κ2) is 7.97. The van der Waals surface area contributed by atoms with Gasteiger partial charge in [-0.3, -0.25) is 9.89 Å². The largest absolute Gasteiger partial charge is 0.381 e. The minimum atomic E-state index is 0.189. The zero-order chi connectivity index (χ0) is 17.8. The van der Waals surface area contributed by atoms with Crippen LogP contribution < -0.4 is 10.2 Å². The summed E-state index contributed by atoms with van der Waals surface area (Å²) in [4.78, 5) is 10.2. The number of benzene rings is 1. The number of likely N-dealkylation sites (tertiary alicyclic amines) is 1. The summed E-state index contributed by atoms with van der Waals surface area (Å²) in [6.45, 7) is 9.13. The lowest BCUT2D eigenvalue weighted by molar-refractivity contribution is -0.0138. The summed E-state index contributed by atoms with van der Waals surface area (Å²) >= 11 is 0. The van der Waals surface area contributed by atoms with Gasteiger partial charge >= 0.3 is 0 Å². The lowest BCUT2D eigenvalue weighted by Gasteiger charge is -2.43. The molecule has 0 radical (unpaired) electrons. The van der Waals surface area contributed by atoms with Crippen molar-refractivity contribution in [3.63, 3.8) is 0 Å². The highest BCUT2D eigenvalue weighted by Crippen LogP contribution is 2.32. The van der Waals surface area contributed by atoms with Gasteiger partial charge in [-0.15, -0.1) is 0 Å². The van der Waals surface area contributed by atoms with E-state index >= 15 is 0 Å². The Morgan fingerprint density at radius 3 is 2.69 bits per heavy atom. The van der Waals surface area contributed by atoms with Crippen LogP contribution in [0.1, 0.15) is 38.2 Å². The highest BCUT2D eigenvalue weighted by molar-refractivity contribution is 5.98. The number of nitrogens with zero attached hydrogens (tertiary/aromatic N) is 3. The van der Waals surface area contributed by atoms with Crippen LogP contribution in [0.25, 0.3) is 0 Å². The molecule has 0 bridgehead atoms. The fourth-order valence-corrected chi connectivity index (χ4v) is 4.69. The Labute approximate surface area is 157 Å². The molecule has 3 aliphatic heterocycles. The van der Waals surface area contributed by atoms with E-state index in [2.05, 4.69) is 46.3 Å². The number of hydrogen-bond donors (Lipinski definition) is 1. The Morgan fingerprint density at radius 1 is 1.15 bits per heavy atom. The normalized spacial score (nSPS) is 23.3. The molecule has 0 aromatic heterocycles. The summed E-state index contributed by atoms with van der Waals surface area (Å²) in [5.74, 6) is 1.04. The van der Waals surface area contributed by atoms with Crippen molar-refractivity contribution in [3.05, 3.63) is 29.8 Å². The number of para-hydroxylation sites is 1. The third-order valence-corrected chi connectivity index (χ3v) is 6.20. The highest BCUT2D eigenvalue weighted by Gasteiger charge is 2.39. The number of ether oxygens (including phenoxy) is 1. The van der Waals surface area contributed by atoms with Gasteiger partial charge in [0, 0.05) is 37.5 Å². The quantitative estimate of drug-likeness (QED) is 0.665. The Balaban J connectivity index is 1.57. The summed E-state index contributed by atoms with van der Waals surface area (Å²) < 4.78 is 5.68. The molecule has 0 aliphatic carbocycles. The molecule has 0 saturated carbocycles. The van der Waals surface area contributed by atoms with Crippen molar-refractivity contribution in [1.82, 2.24) is 10.2 Å². The first-order valence-electron chi connectivity index (χ1n) is 10.3. The predicted octanol–water partition coefficient (Wildman–Crippen LogP) is 2.66. The zero-order valence-corrected chi connectivity index (χ0v) is 16.0. The van der Waals surface area contributed by atoms with E-state index in [1.165, 1.54) is 37.2 Å². The fraction of sp³-hybridized carbons (Fsp3) is 0.667. The van der Waals surface area contributed by atoms with Crippen molar-refractivity contribution in [2.24, 2.45) is 4.99 Å². The van der Waals surface area contributed by atoms with E-state index in [0.29, 0.717) is 0 Å². The van der Waals surface area contributed by atoms with E-state index in [9.17, 15) is 0 Å². The van der Waals surface area contributed by atoms with Gasteiger partial charge in [0.2, 0.25) is 0 Å². The van der Waals surface area contributed by atoms with Gasteiger partial charge in [0.1, 0.15) is 0 Å². The molecular weight excluding hydrogens is 324 g/mol. The molecule has 4 rings (SSSR count). The van der Waals surface area contributed by atoms with Gasteiger partial charge in [-0.05, 0) is 63.7 Å². The average molecular weight is 357 g/mol. The summed E-state index contributed by atoms with van der Waals surface area (Å²) in [5, 5.41) is 3.54. The summed E-state index contributed by atoms with van der Waals surface area (Å²) in [7, 11) is 0. The molecule has 142 valence electrons. The van der Waals surface area contributed by atoms with E-state index in [4.69, 9.17) is 9.73 Å². The molecular formula is C21H32N4O. The second-order valence-corrected chi connectivity index (χ2v) is 7.73. The molecule has 2 fully saturated rings. The molecule has 1 N–H and O–H groups in total. The van der Waals surface area contributed by atoms with Crippen LogP contribution in [0.5, 0.6) is 0 Å². The Kier molecular flexibility index (Phi) is 5.46. The van der Waals surface area contributed by atoms with Crippen LogP contribution in [0.4, 0.5) is 5.69 Å². The maximum atomic E-state index is 5.68. The molecule has 3 heterocycles. The lowest BCUT2D eigenvalue weighted by Crippen LogP contribution is -2.54. The van der Waals surface area contributed by atoms with Crippen molar-refractivity contribution in [2.75, 3.05) is 50.8 Å². The lowest BCUT2D eigenvalue weighted by atomic mass is 9.88. The number of nitrogens with one attached hydrogen (secondary N) is 1. The topological polar surface area (TPSA) is 40.1 Å². The van der Waals surface area contributed by atoms with Crippen LogP contribution in [0, 0.1) is 0 Å². The second-order valence-electron chi connectivity index (χ2n) is 7.73. The molecule has 1 aromatic rings. The SMILES string of the molecule is CCNC(=NCC1(N2CCCC2)CCOCC1)N1CCc2ccccc21. The van der Waals surface area contributed by atoms with E-state index in [1.807, 2.05) is 0 Å². The van der Waals surface area contributed by atoms with Crippen molar-refractivity contribution in [2.45, 2.75) is 44.6 Å². The van der Waals surface area contributed by atoms with E-state index < -0.39 is 0 Å². The monoisotopic (exact) mass is 356 g/mol. The van der Waals surface area contributed by atoms with Crippen LogP contribution in [-0.4, -0.2) is 62.3 Å². The standard InChI is InChI=1S/C21H32N4O/c1-2-22-20(25-14-9-18-7-3-4-8-19(18)25)23-17-21(10-15-26-16-11-21)24-12-5-6-13-24/h3-4,7-8H,2,5-6,9-17H2,1H3,(H,22,23). The molecule has 0 unspecified atom stereocenters.